The number of ether oxygens (including phenoxy) is 1. The number of carboxylic acids is 1. The molecule has 4 N–H and O–H groups in total. The summed E-state index contributed by atoms with van der Waals surface area (Å²) in [5.74, 6) is -1.09. The molecule has 0 spiro atoms. The van der Waals surface area contributed by atoms with Gasteiger partial charge in [-0.25, -0.2) is 4.79 Å². The van der Waals surface area contributed by atoms with Gasteiger partial charge < -0.3 is 15.2 Å². The molecule has 0 fully saturated rings. The Bertz CT molecular complexity index is 915. The molecule has 8 heteroatoms. The van der Waals surface area contributed by atoms with E-state index in [1.807, 2.05) is 36.4 Å². The number of aliphatic carboxylic acids is 1. The van der Waals surface area contributed by atoms with E-state index in [1.54, 1.807) is 19.0 Å². The molecule has 1 atom stereocenters. The zero-order valence-electron chi connectivity index (χ0n) is 17.7. The number of guanidine groups is 1. The maximum atomic E-state index is 12.2. The zero-order chi connectivity index (χ0) is 22.4. The summed E-state index contributed by atoms with van der Waals surface area (Å²) >= 11 is 0. The van der Waals surface area contributed by atoms with Crippen molar-refractivity contribution < 1.29 is 19.4 Å². The highest BCUT2D eigenvalue weighted by molar-refractivity contribution is 5.92. The Hall–Kier alpha value is -3.39. The van der Waals surface area contributed by atoms with Crippen LogP contribution in [-0.2, 0) is 9.53 Å². The number of nitrogens with zero attached hydrogens (tertiary/aromatic N) is 1. The lowest BCUT2D eigenvalue weighted by Crippen LogP contribution is -2.42. The zero-order valence-corrected chi connectivity index (χ0v) is 17.7. The summed E-state index contributed by atoms with van der Waals surface area (Å²) in [6.45, 7) is 0.552. The molecule has 1 amide bonds. The molecule has 164 valence electrons. The third-order valence-corrected chi connectivity index (χ3v) is 5.44. The number of carboxylic acid groups (broad SMARTS) is 1. The third kappa shape index (κ3) is 5.40. The van der Waals surface area contributed by atoms with Crippen LogP contribution >= 0.6 is 0 Å². The molecule has 0 unspecified atom stereocenters. The molecule has 2 aromatic rings. The molecule has 0 bridgehead atoms. The molecule has 0 heterocycles. The number of hydrogen-bond acceptors (Lipinski definition) is 5. The second-order valence-electron chi connectivity index (χ2n) is 7.71. The van der Waals surface area contributed by atoms with E-state index in [0.29, 0.717) is 19.4 Å². The minimum absolute atomic E-state index is 0.0423. The highest BCUT2D eigenvalue weighted by Gasteiger charge is 2.29. The number of nitrogens with one attached hydrogen (secondary N) is 3. The minimum Gasteiger partial charge on any atom is -0.480 e. The predicted molar refractivity (Wildman–Crippen MR) is 118 cm³/mol. The Morgan fingerprint density at radius 2 is 1.68 bits per heavy atom. The first-order valence-electron chi connectivity index (χ1n) is 10.2. The van der Waals surface area contributed by atoms with Crippen LogP contribution in [0.2, 0.25) is 0 Å². The van der Waals surface area contributed by atoms with E-state index in [1.165, 1.54) is 0 Å². The topological polar surface area (TPSA) is 115 Å². The fourth-order valence-electron chi connectivity index (χ4n) is 3.89. The van der Waals surface area contributed by atoms with Gasteiger partial charge in [0.25, 0.3) is 0 Å². The van der Waals surface area contributed by atoms with Crippen molar-refractivity contribution in [2.24, 2.45) is 0 Å². The van der Waals surface area contributed by atoms with Gasteiger partial charge in [0.2, 0.25) is 0 Å². The first-order valence-corrected chi connectivity index (χ1v) is 10.2. The molecule has 1 aliphatic carbocycles. The van der Waals surface area contributed by atoms with Crippen molar-refractivity contribution in [3.63, 3.8) is 0 Å². The van der Waals surface area contributed by atoms with Crippen molar-refractivity contribution in [3.05, 3.63) is 59.7 Å². The third-order valence-electron chi connectivity index (χ3n) is 5.44. The Morgan fingerprint density at radius 1 is 1.10 bits per heavy atom. The van der Waals surface area contributed by atoms with Crippen LogP contribution in [0.4, 0.5) is 4.79 Å². The van der Waals surface area contributed by atoms with E-state index < -0.39 is 18.1 Å². The maximum absolute atomic E-state index is 12.2. The molecule has 1 aliphatic rings. The van der Waals surface area contributed by atoms with Crippen LogP contribution in [0.5, 0.6) is 0 Å². The molecule has 0 aliphatic heterocycles. The lowest BCUT2D eigenvalue weighted by Gasteiger charge is -2.20. The van der Waals surface area contributed by atoms with Crippen LogP contribution in [-0.4, -0.2) is 61.3 Å². The molecular formula is C23H28N4O4. The Kier molecular flexibility index (Phi) is 7.25. The molecule has 0 aromatic heterocycles. The number of amides is 1. The lowest BCUT2D eigenvalue weighted by atomic mass is 9.98. The number of likely N-dealkylation sites (N-methyl/N-ethyl adjacent to an activating group) is 1. The number of alkyl carbamates (subject to hydrolysis) is 1. The van der Waals surface area contributed by atoms with Crippen molar-refractivity contribution in [2.45, 2.75) is 24.8 Å². The molecule has 8 nitrogen and oxygen atoms in total. The largest absolute Gasteiger partial charge is 0.480 e. The van der Waals surface area contributed by atoms with Gasteiger partial charge in [-0.15, -0.1) is 0 Å². The van der Waals surface area contributed by atoms with Crippen molar-refractivity contribution in [2.75, 3.05) is 27.2 Å². The Balaban J connectivity index is 1.45. The van der Waals surface area contributed by atoms with Gasteiger partial charge in [0.15, 0.2) is 5.96 Å². The second-order valence-corrected chi connectivity index (χ2v) is 7.71. The first-order chi connectivity index (χ1) is 14.9. The van der Waals surface area contributed by atoms with Crippen molar-refractivity contribution in [1.82, 2.24) is 15.5 Å². The summed E-state index contributed by atoms with van der Waals surface area (Å²) in [6, 6.07) is 15.6. The molecule has 0 radical (unpaired) electrons. The predicted octanol–water partition coefficient (Wildman–Crippen LogP) is 2.84. The van der Waals surface area contributed by atoms with Gasteiger partial charge in [0.05, 0.1) is 0 Å². The monoisotopic (exact) mass is 424 g/mol. The first kappa shape index (κ1) is 22.3. The molecule has 0 saturated heterocycles. The van der Waals surface area contributed by atoms with Gasteiger partial charge in [-0.2, -0.15) is 0 Å². The molecule has 0 saturated carbocycles. The number of carbonyl (C=O) groups is 2. The quantitative estimate of drug-likeness (QED) is 0.294. The fourth-order valence-corrected chi connectivity index (χ4v) is 3.89. The summed E-state index contributed by atoms with van der Waals surface area (Å²) in [5, 5.41) is 22.1. The maximum Gasteiger partial charge on any atom is 0.413 e. The van der Waals surface area contributed by atoms with Gasteiger partial charge in [-0.3, -0.25) is 20.4 Å². The SMILES string of the molecule is CN(C)[C@@H](CCCNC(=N)NC(=O)OCC1c2ccccc2-c2ccccc21)C(=O)O. The van der Waals surface area contributed by atoms with Crippen molar-refractivity contribution in [1.29, 1.82) is 5.41 Å². The number of benzene rings is 2. The Morgan fingerprint density at radius 3 is 2.23 bits per heavy atom. The summed E-state index contributed by atoms with van der Waals surface area (Å²) < 4.78 is 5.40. The van der Waals surface area contributed by atoms with Crippen LogP contribution in [0.3, 0.4) is 0 Å². The lowest BCUT2D eigenvalue weighted by molar-refractivity contribution is -0.142. The summed E-state index contributed by atoms with van der Waals surface area (Å²) in [7, 11) is 3.43. The highest BCUT2D eigenvalue weighted by Crippen LogP contribution is 2.44. The van der Waals surface area contributed by atoms with E-state index in [-0.39, 0.29) is 18.5 Å². The van der Waals surface area contributed by atoms with Gasteiger partial charge in [0, 0.05) is 12.5 Å². The van der Waals surface area contributed by atoms with E-state index >= 15 is 0 Å². The van der Waals surface area contributed by atoms with Crippen LogP contribution in [0.25, 0.3) is 11.1 Å². The van der Waals surface area contributed by atoms with Crippen LogP contribution < -0.4 is 10.6 Å². The van der Waals surface area contributed by atoms with Crippen molar-refractivity contribution in [3.8, 4) is 11.1 Å². The fraction of sp³-hybridized carbons (Fsp3) is 0.348. The van der Waals surface area contributed by atoms with E-state index in [4.69, 9.17) is 15.3 Å². The normalized spacial score (nSPS) is 13.3. The van der Waals surface area contributed by atoms with Crippen molar-refractivity contribution >= 4 is 18.0 Å². The number of rotatable bonds is 8. The molecule has 31 heavy (non-hydrogen) atoms. The van der Waals surface area contributed by atoms with Gasteiger partial charge in [-0.05, 0) is 49.2 Å². The van der Waals surface area contributed by atoms with Gasteiger partial charge in [0.1, 0.15) is 12.6 Å². The highest BCUT2D eigenvalue weighted by atomic mass is 16.5. The van der Waals surface area contributed by atoms with Gasteiger partial charge >= 0.3 is 12.1 Å². The Labute approximate surface area is 181 Å². The standard InChI is InChI=1S/C23H28N4O4/c1-27(2)20(21(28)29)12-7-13-25-22(24)26-23(30)31-14-19-17-10-5-3-8-15(17)16-9-4-6-11-18(16)19/h3-6,8-11,19-20H,7,12-14H2,1-2H3,(H,28,29)(H3,24,25,26,30)/t20-/m0/s1. The number of fused-ring (bicyclic) bond motifs is 3. The summed E-state index contributed by atoms with van der Waals surface area (Å²) in [5.41, 5.74) is 4.55. The van der Waals surface area contributed by atoms with Crippen LogP contribution in [0.15, 0.2) is 48.5 Å². The molecule has 2 aromatic carbocycles. The molecular weight excluding hydrogens is 396 g/mol. The van der Waals surface area contributed by atoms with E-state index in [2.05, 4.69) is 22.8 Å². The minimum atomic E-state index is -0.878. The van der Waals surface area contributed by atoms with E-state index in [9.17, 15) is 9.59 Å². The number of hydrogen-bond donors (Lipinski definition) is 4. The van der Waals surface area contributed by atoms with Gasteiger partial charge in [-0.1, -0.05) is 48.5 Å². The van der Waals surface area contributed by atoms with Crippen LogP contribution in [0, 0.1) is 5.41 Å². The average Bonchev–Trinajstić information content (AvgIpc) is 3.05. The number of carbonyl (C=O) groups excluding carboxylic acids is 1. The summed E-state index contributed by atoms with van der Waals surface area (Å²) in [4.78, 5) is 25.0. The smallest absolute Gasteiger partial charge is 0.413 e. The molecule has 3 rings (SSSR count). The average molecular weight is 425 g/mol. The van der Waals surface area contributed by atoms with Crippen LogP contribution in [0.1, 0.15) is 29.9 Å². The second kappa shape index (κ2) is 10.1. The summed E-state index contributed by atoms with van der Waals surface area (Å²) in [6.07, 6.45) is 0.285. The van der Waals surface area contributed by atoms with E-state index in [0.717, 1.165) is 22.3 Å².